The molecule has 2 N–H and O–H groups in total. The van der Waals surface area contributed by atoms with E-state index in [0.29, 0.717) is 30.9 Å². The first-order valence-corrected chi connectivity index (χ1v) is 8.30. The van der Waals surface area contributed by atoms with E-state index in [1.54, 1.807) is 21.3 Å². The van der Waals surface area contributed by atoms with Gasteiger partial charge in [0.15, 0.2) is 11.5 Å². The summed E-state index contributed by atoms with van der Waals surface area (Å²) >= 11 is 3.50. The highest BCUT2D eigenvalue weighted by Crippen LogP contribution is 2.33. The van der Waals surface area contributed by atoms with Crippen LogP contribution < -0.4 is 20.1 Å². The Balaban J connectivity index is 0.00000288. The van der Waals surface area contributed by atoms with Crippen LogP contribution in [0.4, 0.5) is 0 Å². The standard InChI is InChI=1S/C16H23BrN2O4.ClH/c1-21-13-8-11(12(17)9-14(13)22-2)10-19-15(20)16(23-3)4-6-18-7-5-16;/h8-9,18H,4-7,10H2,1-3H3,(H,19,20);1H. The maximum atomic E-state index is 12.6. The summed E-state index contributed by atoms with van der Waals surface area (Å²) in [6, 6.07) is 3.68. The average molecular weight is 424 g/mol. The van der Waals surface area contributed by atoms with E-state index in [2.05, 4.69) is 26.6 Å². The lowest BCUT2D eigenvalue weighted by Crippen LogP contribution is -2.53. The van der Waals surface area contributed by atoms with Crippen molar-refractivity contribution in [1.82, 2.24) is 10.6 Å². The summed E-state index contributed by atoms with van der Waals surface area (Å²) in [5.41, 5.74) is 0.171. The van der Waals surface area contributed by atoms with Crippen molar-refractivity contribution in [2.24, 2.45) is 0 Å². The number of rotatable bonds is 6. The van der Waals surface area contributed by atoms with Crippen LogP contribution in [0.15, 0.2) is 16.6 Å². The average Bonchev–Trinajstić information content (AvgIpc) is 2.60. The van der Waals surface area contributed by atoms with Crippen LogP contribution in [0.3, 0.4) is 0 Å². The minimum atomic E-state index is -0.742. The molecule has 136 valence electrons. The smallest absolute Gasteiger partial charge is 0.252 e. The highest BCUT2D eigenvalue weighted by Gasteiger charge is 2.39. The fourth-order valence-electron chi connectivity index (χ4n) is 2.72. The fraction of sp³-hybridized carbons (Fsp3) is 0.562. The molecule has 6 nitrogen and oxygen atoms in total. The molecule has 0 spiro atoms. The van der Waals surface area contributed by atoms with Gasteiger partial charge >= 0.3 is 0 Å². The zero-order valence-electron chi connectivity index (χ0n) is 14.1. The number of carbonyl (C=O) groups excluding carboxylic acids is 1. The Labute approximate surface area is 157 Å². The molecular weight excluding hydrogens is 400 g/mol. The second kappa shape index (κ2) is 9.46. The number of hydrogen-bond acceptors (Lipinski definition) is 5. The highest BCUT2D eigenvalue weighted by atomic mass is 79.9. The third kappa shape index (κ3) is 4.53. The van der Waals surface area contributed by atoms with E-state index in [0.717, 1.165) is 23.1 Å². The van der Waals surface area contributed by atoms with Crippen LogP contribution in [0.2, 0.25) is 0 Å². The van der Waals surface area contributed by atoms with E-state index in [-0.39, 0.29) is 18.3 Å². The van der Waals surface area contributed by atoms with Crippen LogP contribution >= 0.6 is 28.3 Å². The molecule has 0 aromatic heterocycles. The number of ether oxygens (including phenoxy) is 3. The summed E-state index contributed by atoms with van der Waals surface area (Å²) in [7, 11) is 4.77. The molecule has 1 aliphatic rings. The lowest BCUT2D eigenvalue weighted by molar-refractivity contribution is -0.146. The van der Waals surface area contributed by atoms with Crippen LogP contribution in [0.5, 0.6) is 11.5 Å². The number of hydrogen-bond donors (Lipinski definition) is 2. The van der Waals surface area contributed by atoms with Crippen LogP contribution in [-0.2, 0) is 16.1 Å². The summed E-state index contributed by atoms with van der Waals surface area (Å²) in [4.78, 5) is 12.6. The minimum absolute atomic E-state index is 0. The number of amides is 1. The normalized spacial score (nSPS) is 16.0. The van der Waals surface area contributed by atoms with Gasteiger partial charge in [0.1, 0.15) is 5.60 Å². The maximum absolute atomic E-state index is 12.6. The summed E-state index contributed by atoms with van der Waals surface area (Å²) in [5, 5.41) is 6.21. The summed E-state index contributed by atoms with van der Waals surface area (Å²) in [6.07, 6.45) is 1.34. The van der Waals surface area contributed by atoms with Gasteiger partial charge in [-0.15, -0.1) is 12.4 Å². The van der Waals surface area contributed by atoms with Crippen LogP contribution in [0.25, 0.3) is 0 Å². The van der Waals surface area contributed by atoms with Gasteiger partial charge in [-0.2, -0.15) is 0 Å². The molecule has 2 rings (SSSR count). The molecule has 0 saturated carbocycles. The first-order valence-electron chi connectivity index (χ1n) is 7.51. The molecule has 0 radical (unpaired) electrons. The van der Waals surface area contributed by atoms with Crippen molar-refractivity contribution >= 4 is 34.2 Å². The van der Waals surface area contributed by atoms with Gasteiger partial charge in [-0.1, -0.05) is 15.9 Å². The second-order valence-electron chi connectivity index (χ2n) is 5.43. The molecule has 1 aliphatic heterocycles. The predicted octanol–water partition coefficient (Wildman–Crippen LogP) is 2.27. The Morgan fingerprint density at radius 2 is 1.79 bits per heavy atom. The van der Waals surface area contributed by atoms with E-state index >= 15 is 0 Å². The number of benzene rings is 1. The minimum Gasteiger partial charge on any atom is -0.493 e. The van der Waals surface area contributed by atoms with Gasteiger partial charge in [-0.3, -0.25) is 4.79 Å². The van der Waals surface area contributed by atoms with E-state index in [1.807, 2.05) is 12.1 Å². The first kappa shape index (κ1) is 21.0. The van der Waals surface area contributed by atoms with Gasteiger partial charge in [0.25, 0.3) is 5.91 Å². The molecular formula is C16H24BrClN2O4. The van der Waals surface area contributed by atoms with Crippen LogP contribution in [-0.4, -0.2) is 45.9 Å². The van der Waals surface area contributed by atoms with Gasteiger partial charge < -0.3 is 24.8 Å². The van der Waals surface area contributed by atoms with Crippen molar-refractivity contribution in [3.05, 3.63) is 22.2 Å². The molecule has 0 bridgehead atoms. The Morgan fingerprint density at radius 3 is 2.33 bits per heavy atom. The zero-order valence-corrected chi connectivity index (χ0v) is 16.5. The van der Waals surface area contributed by atoms with Crippen molar-refractivity contribution in [3.8, 4) is 11.5 Å². The quantitative estimate of drug-likeness (QED) is 0.735. The summed E-state index contributed by atoms with van der Waals surface area (Å²) < 4.78 is 16.9. The third-order valence-corrected chi connectivity index (χ3v) is 4.95. The first-order chi connectivity index (χ1) is 11.1. The van der Waals surface area contributed by atoms with Gasteiger partial charge in [0, 0.05) is 18.1 Å². The SMILES string of the molecule is COc1cc(Br)c(CNC(=O)C2(OC)CCNCC2)cc1OC.Cl. The molecule has 1 fully saturated rings. The molecule has 1 amide bonds. The molecule has 1 saturated heterocycles. The lowest BCUT2D eigenvalue weighted by atomic mass is 9.91. The highest BCUT2D eigenvalue weighted by molar-refractivity contribution is 9.10. The van der Waals surface area contributed by atoms with Gasteiger partial charge in [0.05, 0.1) is 14.2 Å². The Morgan fingerprint density at radius 1 is 1.21 bits per heavy atom. The molecule has 1 aromatic carbocycles. The molecule has 8 heteroatoms. The van der Waals surface area contributed by atoms with Gasteiger partial charge in [-0.25, -0.2) is 0 Å². The zero-order chi connectivity index (χ0) is 16.9. The van der Waals surface area contributed by atoms with E-state index < -0.39 is 5.60 Å². The van der Waals surface area contributed by atoms with Crippen molar-refractivity contribution < 1.29 is 19.0 Å². The largest absolute Gasteiger partial charge is 0.493 e. The number of halogens is 2. The topological polar surface area (TPSA) is 68.8 Å². The lowest BCUT2D eigenvalue weighted by Gasteiger charge is -2.34. The Hall–Kier alpha value is -1.02. The summed E-state index contributed by atoms with van der Waals surface area (Å²) in [6.45, 7) is 1.95. The molecule has 0 aliphatic carbocycles. The van der Waals surface area contributed by atoms with Crippen LogP contribution in [0, 0.1) is 0 Å². The number of nitrogens with one attached hydrogen (secondary N) is 2. The van der Waals surface area contributed by atoms with Crippen molar-refractivity contribution in [1.29, 1.82) is 0 Å². The van der Waals surface area contributed by atoms with Crippen molar-refractivity contribution in [2.75, 3.05) is 34.4 Å². The summed E-state index contributed by atoms with van der Waals surface area (Å²) in [5.74, 6) is 1.19. The Kier molecular flexibility index (Phi) is 8.29. The predicted molar refractivity (Wildman–Crippen MR) is 98.2 cm³/mol. The molecule has 1 aromatic rings. The van der Waals surface area contributed by atoms with Gasteiger partial charge in [-0.05, 0) is 43.6 Å². The van der Waals surface area contributed by atoms with E-state index in [4.69, 9.17) is 14.2 Å². The number of carbonyl (C=O) groups is 1. The third-order valence-electron chi connectivity index (χ3n) is 4.21. The number of methoxy groups -OCH3 is 3. The molecule has 0 atom stereocenters. The molecule has 1 heterocycles. The Bertz CT molecular complexity index is 565. The van der Waals surface area contributed by atoms with E-state index in [9.17, 15) is 4.79 Å². The maximum Gasteiger partial charge on any atom is 0.252 e. The van der Waals surface area contributed by atoms with Crippen LogP contribution in [0.1, 0.15) is 18.4 Å². The second-order valence-corrected chi connectivity index (χ2v) is 6.28. The van der Waals surface area contributed by atoms with E-state index in [1.165, 1.54) is 0 Å². The van der Waals surface area contributed by atoms with Crippen molar-refractivity contribution in [3.63, 3.8) is 0 Å². The molecule has 24 heavy (non-hydrogen) atoms. The fourth-order valence-corrected chi connectivity index (χ4v) is 3.19. The molecule has 0 unspecified atom stereocenters. The monoisotopic (exact) mass is 422 g/mol. The van der Waals surface area contributed by atoms with Gasteiger partial charge in [0.2, 0.25) is 0 Å². The number of piperidine rings is 1. The van der Waals surface area contributed by atoms with Crippen molar-refractivity contribution in [2.45, 2.75) is 25.0 Å².